The van der Waals surface area contributed by atoms with Gasteiger partial charge in [0.1, 0.15) is 5.69 Å². The molecule has 0 saturated carbocycles. The van der Waals surface area contributed by atoms with Gasteiger partial charge in [-0.2, -0.15) is 0 Å². The minimum absolute atomic E-state index is 0.0826. The lowest BCUT2D eigenvalue weighted by molar-refractivity contribution is 0.404. The Morgan fingerprint density at radius 2 is 1.75 bits per heavy atom. The van der Waals surface area contributed by atoms with Crippen molar-refractivity contribution in [2.75, 3.05) is 0 Å². The SMILES string of the molecule is CCn1nnc(CC(C)(C)C)c1C(Cl)(Cl)Cl. The zero-order valence-electron chi connectivity index (χ0n) is 9.89. The molecular weight excluding hydrogens is 268 g/mol. The van der Waals surface area contributed by atoms with Crippen LogP contribution in [0.15, 0.2) is 0 Å². The van der Waals surface area contributed by atoms with Crippen LogP contribution < -0.4 is 0 Å². The van der Waals surface area contributed by atoms with Gasteiger partial charge in [-0.3, -0.25) is 0 Å². The van der Waals surface area contributed by atoms with E-state index in [0.29, 0.717) is 12.2 Å². The van der Waals surface area contributed by atoms with Gasteiger partial charge in [-0.25, -0.2) is 4.68 Å². The predicted octanol–water partition coefficient (Wildman–Crippen LogP) is 3.71. The fourth-order valence-corrected chi connectivity index (χ4v) is 2.12. The van der Waals surface area contributed by atoms with Crippen LogP contribution in [0, 0.1) is 5.41 Å². The molecule has 1 heterocycles. The van der Waals surface area contributed by atoms with Crippen LogP contribution in [0.2, 0.25) is 0 Å². The van der Waals surface area contributed by atoms with Crippen LogP contribution in [0.3, 0.4) is 0 Å². The van der Waals surface area contributed by atoms with E-state index in [0.717, 1.165) is 12.1 Å². The highest BCUT2D eigenvalue weighted by Crippen LogP contribution is 2.40. The number of halogens is 3. The maximum atomic E-state index is 5.95. The Morgan fingerprint density at radius 1 is 1.19 bits per heavy atom. The molecule has 0 atom stereocenters. The van der Waals surface area contributed by atoms with E-state index in [9.17, 15) is 0 Å². The predicted molar refractivity (Wildman–Crippen MR) is 68.1 cm³/mol. The summed E-state index contributed by atoms with van der Waals surface area (Å²) in [6.45, 7) is 8.91. The van der Waals surface area contributed by atoms with Gasteiger partial charge >= 0.3 is 0 Å². The van der Waals surface area contributed by atoms with Crippen molar-refractivity contribution in [1.29, 1.82) is 0 Å². The van der Waals surface area contributed by atoms with Crippen LogP contribution in [0.4, 0.5) is 0 Å². The average Bonchev–Trinajstić information content (AvgIpc) is 2.43. The first-order valence-corrected chi connectivity index (χ1v) is 6.28. The average molecular weight is 285 g/mol. The van der Waals surface area contributed by atoms with Crippen molar-refractivity contribution in [2.45, 2.75) is 44.5 Å². The Morgan fingerprint density at radius 3 is 2.12 bits per heavy atom. The number of alkyl halides is 3. The first-order valence-electron chi connectivity index (χ1n) is 5.14. The van der Waals surface area contributed by atoms with Crippen LogP contribution in [-0.2, 0) is 16.8 Å². The van der Waals surface area contributed by atoms with Gasteiger partial charge in [-0.15, -0.1) is 5.10 Å². The molecule has 1 aromatic rings. The smallest absolute Gasteiger partial charge is 0.234 e. The minimum atomic E-state index is -1.47. The molecule has 0 fully saturated rings. The van der Waals surface area contributed by atoms with Crippen LogP contribution in [0.25, 0.3) is 0 Å². The van der Waals surface area contributed by atoms with Crippen molar-refractivity contribution in [3.05, 3.63) is 11.4 Å². The minimum Gasteiger partial charge on any atom is -0.245 e. The highest BCUT2D eigenvalue weighted by molar-refractivity contribution is 6.66. The van der Waals surface area contributed by atoms with Gasteiger partial charge in [0.2, 0.25) is 3.79 Å². The molecule has 0 aliphatic heterocycles. The number of hydrogen-bond donors (Lipinski definition) is 0. The quantitative estimate of drug-likeness (QED) is 0.775. The van der Waals surface area contributed by atoms with Crippen molar-refractivity contribution in [3.8, 4) is 0 Å². The van der Waals surface area contributed by atoms with Crippen molar-refractivity contribution < 1.29 is 0 Å². The maximum absolute atomic E-state index is 5.95. The Kier molecular flexibility index (Phi) is 4.14. The molecule has 0 saturated heterocycles. The molecule has 0 aliphatic rings. The summed E-state index contributed by atoms with van der Waals surface area (Å²) in [5.41, 5.74) is 1.42. The first kappa shape index (κ1) is 14.1. The number of rotatable bonds is 2. The molecule has 1 rings (SSSR count). The fraction of sp³-hybridized carbons (Fsp3) is 0.800. The number of hydrogen-bond acceptors (Lipinski definition) is 2. The molecule has 6 heteroatoms. The number of aryl methyl sites for hydroxylation is 1. The molecule has 92 valence electrons. The van der Waals surface area contributed by atoms with Crippen molar-refractivity contribution in [3.63, 3.8) is 0 Å². The summed E-state index contributed by atoms with van der Waals surface area (Å²) in [6.07, 6.45) is 0.732. The summed E-state index contributed by atoms with van der Waals surface area (Å²) in [7, 11) is 0. The molecule has 3 nitrogen and oxygen atoms in total. The lowest BCUT2D eigenvalue weighted by Crippen LogP contribution is -2.17. The molecular formula is C10H16Cl3N3. The molecule has 0 bridgehead atoms. The zero-order chi connectivity index (χ0) is 12.6. The normalized spacial score (nSPS) is 13.2. The fourth-order valence-electron chi connectivity index (χ4n) is 1.50. The van der Waals surface area contributed by atoms with Crippen molar-refractivity contribution in [2.24, 2.45) is 5.41 Å². The summed E-state index contributed by atoms with van der Waals surface area (Å²) in [5, 5.41) is 8.10. The second-order valence-corrected chi connectivity index (χ2v) is 7.22. The van der Waals surface area contributed by atoms with Gasteiger partial charge < -0.3 is 0 Å². The zero-order valence-corrected chi connectivity index (χ0v) is 12.2. The van der Waals surface area contributed by atoms with Gasteiger partial charge in [0.15, 0.2) is 0 Å². The van der Waals surface area contributed by atoms with Gasteiger partial charge in [0.05, 0.1) is 5.69 Å². The Hall–Kier alpha value is 0.01000. The van der Waals surface area contributed by atoms with E-state index in [4.69, 9.17) is 34.8 Å². The molecule has 1 aromatic heterocycles. The monoisotopic (exact) mass is 283 g/mol. The van der Waals surface area contributed by atoms with E-state index >= 15 is 0 Å². The van der Waals surface area contributed by atoms with E-state index < -0.39 is 3.79 Å². The topological polar surface area (TPSA) is 30.7 Å². The molecule has 0 radical (unpaired) electrons. The van der Waals surface area contributed by atoms with E-state index in [2.05, 4.69) is 31.1 Å². The van der Waals surface area contributed by atoms with Crippen molar-refractivity contribution in [1.82, 2.24) is 15.0 Å². The Labute approximate surface area is 111 Å². The molecule has 0 amide bonds. The third-order valence-electron chi connectivity index (χ3n) is 2.07. The summed E-state index contributed by atoms with van der Waals surface area (Å²) >= 11 is 17.8. The maximum Gasteiger partial charge on any atom is 0.234 e. The molecule has 0 unspecified atom stereocenters. The van der Waals surface area contributed by atoms with Crippen LogP contribution in [0.5, 0.6) is 0 Å². The van der Waals surface area contributed by atoms with E-state index in [-0.39, 0.29) is 5.41 Å². The van der Waals surface area contributed by atoms with Gasteiger partial charge in [-0.1, -0.05) is 60.8 Å². The highest BCUT2D eigenvalue weighted by Gasteiger charge is 2.33. The van der Waals surface area contributed by atoms with E-state index in [1.165, 1.54) is 0 Å². The standard InChI is InChI=1S/C10H16Cl3N3/c1-5-16-8(10(11,12)13)7(14-15-16)6-9(2,3)4/h5-6H2,1-4H3. The third kappa shape index (κ3) is 3.51. The molecule has 0 spiro atoms. The first-order chi connectivity index (χ1) is 7.15. The molecule has 0 N–H and O–H groups in total. The summed E-state index contributed by atoms with van der Waals surface area (Å²) in [4.78, 5) is 0. The second-order valence-electron chi connectivity index (χ2n) is 4.94. The lowest BCUT2D eigenvalue weighted by Gasteiger charge is -2.19. The summed E-state index contributed by atoms with van der Waals surface area (Å²) < 4.78 is 0.161. The van der Waals surface area contributed by atoms with Crippen LogP contribution in [0.1, 0.15) is 39.1 Å². The number of nitrogens with zero attached hydrogens (tertiary/aromatic N) is 3. The molecule has 16 heavy (non-hydrogen) atoms. The van der Waals surface area contributed by atoms with Crippen LogP contribution >= 0.6 is 34.8 Å². The molecule has 0 aliphatic carbocycles. The van der Waals surface area contributed by atoms with Crippen LogP contribution in [-0.4, -0.2) is 15.0 Å². The second kappa shape index (κ2) is 4.71. The van der Waals surface area contributed by atoms with E-state index in [1.54, 1.807) is 4.68 Å². The Balaban J connectivity index is 3.16. The lowest BCUT2D eigenvalue weighted by atomic mass is 9.90. The number of aromatic nitrogens is 3. The van der Waals surface area contributed by atoms with Gasteiger partial charge in [0, 0.05) is 6.54 Å². The largest absolute Gasteiger partial charge is 0.245 e. The summed E-state index contributed by atoms with van der Waals surface area (Å²) in [5.74, 6) is 0. The third-order valence-corrected chi connectivity index (χ3v) is 2.61. The van der Waals surface area contributed by atoms with Crippen molar-refractivity contribution >= 4 is 34.8 Å². The van der Waals surface area contributed by atoms with Gasteiger partial charge in [0.25, 0.3) is 0 Å². The highest BCUT2D eigenvalue weighted by atomic mass is 35.6. The Bertz CT molecular complexity index is 360. The van der Waals surface area contributed by atoms with Gasteiger partial charge in [-0.05, 0) is 18.8 Å². The van der Waals surface area contributed by atoms with E-state index in [1.807, 2.05) is 6.92 Å². The molecule has 0 aromatic carbocycles. The summed E-state index contributed by atoms with van der Waals surface area (Å²) in [6, 6.07) is 0.